The largest absolute Gasteiger partial charge is 0.300 e. The molecule has 0 aliphatic rings. The van der Waals surface area contributed by atoms with Crippen LogP contribution in [0.2, 0.25) is 5.02 Å². The first-order valence-corrected chi connectivity index (χ1v) is 5.02. The topological polar surface area (TPSA) is 34.9 Å². The SMILES string of the molecule is CC(=O)CC(C)n1nc(C)c(Cl)c1C. The predicted octanol–water partition coefficient (Wildman–Crippen LogP) is 2.69. The average molecular weight is 215 g/mol. The number of carbonyl (C=O) groups excluding carboxylic acids is 1. The molecule has 0 aliphatic heterocycles. The molecule has 78 valence electrons. The van der Waals surface area contributed by atoms with Gasteiger partial charge in [-0.15, -0.1) is 0 Å². The van der Waals surface area contributed by atoms with Crippen molar-refractivity contribution < 1.29 is 4.79 Å². The Balaban J connectivity index is 2.95. The van der Waals surface area contributed by atoms with Crippen LogP contribution in [0.1, 0.15) is 37.7 Å². The van der Waals surface area contributed by atoms with E-state index in [-0.39, 0.29) is 11.8 Å². The maximum Gasteiger partial charge on any atom is 0.131 e. The van der Waals surface area contributed by atoms with Gasteiger partial charge < -0.3 is 0 Å². The van der Waals surface area contributed by atoms with E-state index in [2.05, 4.69) is 5.10 Å². The molecule has 0 N–H and O–H groups in total. The first-order valence-electron chi connectivity index (χ1n) is 4.64. The van der Waals surface area contributed by atoms with Gasteiger partial charge in [-0.3, -0.25) is 9.48 Å². The lowest BCUT2D eigenvalue weighted by Crippen LogP contribution is -2.12. The second-order valence-corrected chi connectivity index (χ2v) is 4.06. The molecule has 0 aliphatic carbocycles. The maximum absolute atomic E-state index is 11.0. The number of carbonyl (C=O) groups is 1. The normalized spacial score (nSPS) is 12.9. The molecule has 0 amide bonds. The molecule has 0 fully saturated rings. The lowest BCUT2D eigenvalue weighted by atomic mass is 10.2. The third-order valence-corrected chi connectivity index (χ3v) is 2.78. The van der Waals surface area contributed by atoms with Crippen LogP contribution in [0.15, 0.2) is 0 Å². The summed E-state index contributed by atoms with van der Waals surface area (Å²) in [4.78, 5) is 11.0. The molecule has 1 aromatic rings. The summed E-state index contributed by atoms with van der Waals surface area (Å²) in [5.41, 5.74) is 1.75. The van der Waals surface area contributed by atoms with Crippen LogP contribution >= 0.6 is 11.6 Å². The Bertz CT molecular complexity index is 357. The van der Waals surface area contributed by atoms with Gasteiger partial charge in [0, 0.05) is 6.42 Å². The van der Waals surface area contributed by atoms with E-state index in [1.165, 1.54) is 0 Å². The van der Waals surface area contributed by atoms with Gasteiger partial charge in [-0.1, -0.05) is 11.6 Å². The molecule has 0 aromatic carbocycles. The Morgan fingerprint density at radius 2 is 2.14 bits per heavy atom. The Labute approximate surface area is 89.1 Å². The van der Waals surface area contributed by atoms with Gasteiger partial charge in [0.05, 0.1) is 22.5 Å². The van der Waals surface area contributed by atoms with Crippen LogP contribution in [0, 0.1) is 13.8 Å². The van der Waals surface area contributed by atoms with E-state index in [0.717, 1.165) is 11.4 Å². The fraction of sp³-hybridized carbons (Fsp3) is 0.600. The minimum absolute atomic E-state index is 0.0821. The molecule has 1 rings (SSSR count). The zero-order chi connectivity index (χ0) is 10.9. The van der Waals surface area contributed by atoms with E-state index in [1.807, 2.05) is 25.5 Å². The van der Waals surface area contributed by atoms with Gasteiger partial charge >= 0.3 is 0 Å². The number of rotatable bonds is 3. The summed E-state index contributed by atoms with van der Waals surface area (Å²) in [6.45, 7) is 7.34. The van der Waals surface area contributed by atoms with Gasteiger partial charge in [0.25, 0.3) is 0 Å². The van der Waals surface area contributed by atoms with Crippen LogP contribution in [-0.4, -0.2) is 15.6 Å². The lowest BCUT2D eigenvalue weighted by molar-refractivity contribution is -0.117. The van der Waals surface area contributed by atoms with Crippen LogP contribution in [-0.2, 0) is 4.79 Å². The van der Waals surface area contributed by atoms with Crippen molar-refractivity contribution in [2.24, 2.45) is 0 Å². The summed E-state index contributed by atoms with van der Waals surface area (Å²) in [6, 6.07) is 0.0821. The number of halogens is 1. The van der Waals surface area contributed by atoms with Gasteiger partial charge in [-0.05, 0) is 27.7 Å². The van der Waals surface area contributed by atoms with Crippen LogP contribution in [0.5, 0.6) is 0 Å². The number of hydrogen-bond donors (Lipinski definition) is 0. The molecule has 0 bridgehead atoms. The molecule has 0 saturated carbocycles. The van der Waals surface area contributed by atoms with Crippen molar-refractivity contribution in [3.05, 3.63) is 16.4 Å². The molecule has 1 atom stereocenters. The van der Waals surface area contributed by atoms with E-state index < -0.39 is 0 Å². The summed E-state index contributed by atoms with van der Waals surface area (Å²) in [5.74, 6) is 0.168. The number of aryl methyl sites for hydroxylation is 1. The smallest absolute Gasteiger partial charge is 0.131 e. The van der Waals surface area contributed by atoms with Crippen LogP contribution in [0.25, 0.3) is 0 Å². The number of ketones is 1. The minimum Gasteiger partial charge on any atom is -0.300 e. The van der Waals surface area contributed by atoms with Gasteiger partial charge in [0.2, 0.25) is 0 Å². The van der Waals surface area contributed by atoms with Crippen molar-refractivity contribution in [2.75, 3.05) is 0 Å². The number of hydrogen-bond acceptors (Lipinski definition) is 2. The van der Waals surface area contributed by atoms with Gasteiger partial charge in [-0.25, -0.2) is 0 Å². The highest BCUT2D eigenvalue weighted by molar-refractivity contribution is 6.31. The van der Waals surface area contributed by atoms with Crippen molar-refractivity contribution in [1.29, 1.82) is 0 Å². The van der Waals surface area contributed by atoms with Crippen molar-refractivity contribution in [1.82, 2.24) is 9.78 Å². The van der Waals surface area contributed by atoms with E-state index in [0.29, 0.717) is 11.4 Å². The van der Waals surface area contributed by atoms with Crippen LogP contribution in [0.4, 0.5) is 0 Å². The molecule has 1 aromatic heterocycles. The van der Waals surface area contributed by atoms with E-state index >= 15 is 0 Å². The Hall–Kier alpha value is -0.830. The Morgan fingerprint density at radius 3 is 2.50 bits per heavy atom. The second-order valence-electron chi connectivity index (χ2n) is 3.68. The van der Waals surface area contributed by atoms with Gasteiger partial charge in [0.1, 0.15) is 5.78 Å². The monoisotopic (exact) mass is 214 g/mol. The molecule has 14 heavy (non-hydrogen) atoms. The zero-order valence-electron chi connectivity index (χ0n) is 8.97. The molecule has 0 saturated heterocycles. The standard InChI is InChI=1S/C10H15ClN2O/c1-6(5-7(2)14)13-9(4)10(11)8(3)12-13/h6H,5H2,1-4H3. The average Bonchev–Trinajstić information content (AvgIpc) is 2.32. The fourth-order valence-corrected chi connectivity index (χ4v) is 1.70. The summed E-state index contributed by atoms with van der Waals surface area (Å²) >= 11 is 6.01. The molecule has 1 unspecified atom stereocenters. The van der Waals surface area contributed by atoms with E-state index in [1.54, 1.807) is 6.92 Å². The van der Waals surface area contributed by atoms with Gasteiger partial charge in [0.15, 0.2) is 0 Å². The molecule has 3 nitrogen and oxygen atoms in total. The van der Waals surface area contributed by atoms with Crippen molar-refractivity contribution >= 4 is 17.4 Å². The Kier molecular flexibility index (Phi) is 3.32. The van der Waals surface area contributed by atoms with Gasteiger partial charge in [-0.2, -0.15) is 5.10 Å². The third kappa shape index (κ3) is 2.15. The predicted molar refractivity (Wildman–Crippen MR) is 56.7 cm³/mol. The van der Waals surface area contributed by atoms with Crippen molar-refractivity contribution in [2.45, 2.75) is 40.2 Å². The lowest BCUT2D eigenvalue weighted by Gasteiger charge is -2.12. The quantitative estimate of drug-likeness (QED) is 0.776. The summed E-state index contributed by atoms with van der Waals surface area (Å²) in [7, 11) is 0. The van der Waals surface area contributed by atoms with Crippen LogP contribution < -0.4 is 0 Å². The first kappa shape index (κ1) is 11.2. The number of aromatic nitrogens is 2. The second kappa shape index (κ2) is 4.13. The third-order valence-electron chi connectivity index (χ3n) is 2.24. The molecule has 1 heterocycles. The van der Waals surface area contributed by atoms with Crippen LogP contribution in [0.3, 0.4) is 0 Å². The highest BCUT2D eigenvalue weighted by atomic mass is 35.5. The maximum atomic E-state index is 11.0. The minimum atomic E-state index is 0.0821. The van der Waals surface area contributed by atoms with E-state index in [9.17, 15) is 4.79 Å². The molecule has 4 heteroatoms. The highest BCUT2D eigenvalue weighted by Crippen LogP contribution is 2.23. The number of Topliss-reactive ketones (excluding diaryl/α,β-unsaturated/α-hetero) is 1. The molecular formula is C10H15ClN2O. The van der Waals surface area contributed by atoms with E-state index in [4.69, 9.17) is 11.6 Å². The molecular weight excluding hydrogens is 200 g/mol. The summed E-state index contributed by atoms with van der Waals surface area (Å²) in [6.07, 6.45) is 0.498. The molecule has 0 spiro atoms. The van der Waals surface area contributed by atoms with Crippen molar-refractivity contribution in [3.63, 3.8) is 0 Å². The fourth-order valence-electron chi connectivity index (χ4n) is 1.57. The Morgan fingerprint density at radius 1 is 1.57 bits per heavy atom. The highest BCUT2D eigenvalue weighted by Gasteiger charge is 2.15. The first-order chi connectivity index (χ1) is 6.43. The van der Waals surface area contributed by atoms with Crippen molar-refractivity contribution in [3.8, 4) is 0 Å². The molecule has 0 radical (unpaired) electrons. The summed E-state index contributed by atoms with van der Waals surface area (Å²) in [5, 5.41) is 4.99. The number of nitrogens with zero attached hydrogens (tertiary/aromatic N) is 2. The zero-order valence-corrected chi connectivity index (χ0v) is 9.72. The summed E-state index contributed by atoms with van der Waals surface area (Å²) < 4.78 is 1.82.